The van der Waals surface area contributed by atoms with E-state index in [0.717, 1.165) is 5.56 Å². The highest BCUT2D eigenvalue weighted by Crippen LogP contribution is 2.43. The van der Waals surface area contributed by atoms with Gasteiger partial charge in [-0.05, 0) is 5.56 Å². The SMILES string of the molecule is CC12COC(C3CCON3C(=O)OCc3ccccc3)(OC1)OC2. The molecule has 0 saturated carbocycles. The van der Waals surface area contributed by atoms with Crippen molar-refractivity contribution in [3.8, 4) is 0 Å². The second kappa shape index (κ2) is 6.00. The maximum Gasteiger partial charge on any atom is 0.434 e. The number of hydroxylamine groups is 2. The molecule has 4 heterocycles. The molecule has 7 heteroatoms. The normalized spacial score (nSPS) is 35.2. The molecule has 4 aliphatic heterocycles. The van der Waals surface area contributed by atoms with Gasteiger partial charge in [-0.3, -0.25) is 4.84 Å². The summed E-state index contributed by atoms with van der Waals surface area (Å²) >= 11 is 0. The average Bonchev–Trinajstić information content (AvgIpc) is 3.12. The van der Waals surface area contributed by atoms with Crippen LogP contribution in [-0.2, 0) is 30.4 Å². The van der Waals surface area contributed by atoms with Gasteiger partial charge in [0.25, 0.3) is 0 Å². The lowest BCUT2D eigenvalue weighted by atomic mass is 9.91. The van der Waals surface area contributed by atoms with Crippen LogP contribution in [0.1, 0.15) is 18.9 Å². The third-order valence-electron chi connectivity index (χ3n) is 4.56. The van der Waals surface area contributed by atoms with Gasteiger partial charge in [-0.1, -0.05) is 37.3 Å². The molecule has 4 saturated heterocycles. The minimum absolute atomic E-state index is 0.125. The molecule has 0 radical (unpaired) electrons. The lowest BCUT2D eigenvalue weighted by Gasteiger charge is -2.52. The Balaban J connectivity index is 1.42. The van der Waals surface area contributed by atoms with E-state index in [2.05, 4.69) is 0 Å². The maximum atomic E-state index is 12.4. The number of amides is 1. The molecule has 0 spiro atoms. The quantitative estimate of drug-likeness (QED) is 0.842. The number of carbonyl (C=O) groups is 1. The lowest BCUT2D eigenvalue weighted by molar-refractivity contribution is -0.483. The molecule has 0 N–H and O–H groups in total. The third kappa shape index (κ3) is 2.77. The van der Waals surface area contributed by atoms with Gasteiger partial charge in [0.15, 0.2) is 0 Å². The molecule has 1 aromatic rings. The van der Waals surface area contributed by atoms with Crippen LogP contribution in [0.15, 0.2) is 30.3 Å². The Morgan fingerprint density at radius 1 is 1.21 bits per heavy atom. The number of fused-ring (bicyclic) bond motifs is 3. The zero-order valence-corrected chi connectivity index (χ0v) is 13.6. The van der Waals surface area contributed by atoms with Crippen LogP contribution in [-0.4, -0.2) is 49.6 Å². The summed E-state index contributed by atoms with van der Waals surface area (Å²) < 4.78 is 22.8. The van der Waals surface area contributed by atoms with Gasteiger partial charge in [0, 0.05) is 11.8 Å². The first-order valence-electron chi connectivity index (χ1n) is 8.15. The Morgan fingerprint density at radius 2 is 1.88 bits per heavy atom. The topological polar surface area (TPSA) is 66.5 Å². The van der Waals surface area contributed by atoms with Gasteiger partial charge in [-0.2, -0.15) is 5.06 Å². The summed E-state index contributed by atoms with van der Waals surface area (Å²) in [6.07, 6.45) is 0.00221. The zero-order chi connectivity index (χ0) is 16.6. The summed E-state index contributed by atoms with van der Waals surface area (Å²) in [5, 5.41) is 1.19. The number of hydrogen-bond donors (Lipinski definition) is 0. The first-order chi connectivity index (χ1) is 11.6. The first-order valence-corrected chi connectivity index (χ1v) is 8.15. The molecule has 1 atom stereocenters. The second-order valence-electron chi connectivity index (χ2n) is 6.78. The summed E-state index contributed by atoms with van der Waals surface area (Å²) in [6, 6.07) is 9.02. The molecule has 24 heavy (non-hydrogen) atoms. The minimum atomic E-state index is -1.25. The summed E-state index contributed by atoms with van der Waals surface area (Å²) in [4.78, 5) is 17.9. The van der Waals surface area contributed by atoms with Crippen LogP contribution in [0.25, 0.3) is 0 Å². The molecule has 1 unspecified atom stereocenters. The van der Waals surface area contributed by atoms with Gasteiger partial charge in [-0.15, -0.1) is 0 Å². The smallest absolute Gasteiger partial charge is 0.434 e. The first kappa shape index (κ1) is 15.8. The van der Waals surface area contributed by atoms with Crippen LogP contribution in [0.4, 0.5) is 4.79 Å². The van der Waals surface area contributed by atoms with E-state index in [1.165, 1.54) is 5.06 Å². The Hall–Kier alpha value is -1.67. The largest absolute Gasteiger partial charge is 0.443 e. The highest BCUT2D eigenvalue weighted by atomic mass is 16.9. The molecule has 130 valence electrons. The predicted molar refractivity (Wildman–Crippen MR) is 81.5 cm³/mol. The van der Waals surface area contributed by atoms with Gasteiger partial charge in [-0.25, -0.2) is 4.79 Å². The lowest BCUT2D eigenvalue weighted by Crippen LogP contribution is -2.66. The third-order valence-corrected chi connectivity index (χ3v) is 4.56. The summed E-state index contributed by atoms with van der Waals surface area (Å²) in [5.41, 5.74) is 0.787. The van der Waals surface area contributed by atoms with Crippen LogP contribution in [0.3, 0.4) is 0 Å². The van der Waals surface area contributed by atoms with Crippen molar-refractivity contribution < 1.29 is 28.6 Å². The van der Waals surface area contributed by atoms with Crippen LogP contribution in [0.2, 0.25) is 0 Å². The van der Waals surface area contributed by atoms with Gasteiger partial charge in [0.1, 0.15) is 12.6 Å². The van der Waals surface area contributed by atoms with Crippen molar-refractivity contribution in [2.75, 3.05) is 26.4 Å². The van der Waals surface area contributed by atoms with E-state index in [4.69, 9.17) is 23.8 Å². The van der Waals surface area contributed by atoms with Crippen LogP contribution < -0.4 is 0 Å². The Labute approximate surface area is 140 Å². The molecule has 0 aliphatic carbocycles. The standard InChI is InChI=1S/C17H21NO6/c1-16-10-21-17(22-11-16,23-12-16)14-7-8-24-18(14)15(19)20-9-13-5-3-2-4-6-13/h2-6,14H,7-12H2,1H3. The molecule has 4 aliphatic rings. The number of rotatable bonds is 3. The fourth-order valence-electron chi connectivity index (χ4n) is 3.12. The zero-order valence-electron chi connectivity index (χ0n) is 13.6. The number of benzene rings is 1. The predicted octanol–water partition coefficient (Wildman–Crippen LogP) is 2.07. The maximum absolute atomic E-state index is 12.4. The Morgan fingerprint density at radius 3 is 2.54 bits per heavy atom. The minimum Gasteiger partial charge on any atom is -0.443 e. The van der Waals surface area contributed by atoms with Crippen molar-refractivity contribution in [2.45, 2.75) is 32.0 Å². The number of ether oxygens (including phenoxy) is 4. The molecule has 4 fully saturated rings. The van der Waals surface area contributed by atoms with Gasteiger partial charge >= 0.3 is 12.1 Å². The summed E-state index contributed by atoms with van der Waals surface area (Å²) in [6.45, 7) is 4.23. The summed E-state index contributed by atoms with van der Waals surface area (Å²) in [7, 11) is 0. The molecule has 7 nitrogen and oxygen atoms in total. The molecule has 5 rings (SSSR count). The van der Waals surface area contributed by atoms with E-state index in [1.54, 1.807) is 0 Å². The van der Waals surface area contributed by atoms with E-state index in [1.807, 2.05) is 37.3 Å². The highest BCUT2D eigenvalue weighted by Gasteiger charge is 2.59. The van der Waals surface area contributed by atoms with Crippen molar-refractivity contribution in [3.05, 3.63) is 35.9 Å². The molecular weight excluding hydrogens is 314 g/mol. The molecule has 1 amide bonds. The number of hydrogen-bond acceptors (Lipinski definition) is 6. The van der Waals surface area contributed by atoms with Crippen LogP contribution in [0, 0.1) is 5.41 Å². The van der Waals surface area contributed by atoms with Crippen molar-refractivity contribution in [1.82, 2.24) is 5.06 Å². The van der Waals surface area contributed by atoms with Gasteiger partial charge < -0.3 is 18.9 Å². The fourth-order valence-corrected chi connectivity index (χ4v) is 3.12. The highest BCUT2D eigenvalue weighted by molar-refractivity contribution is 5.67. The monoisotopic (exact) mass is 335 g/mol. The fraction of sp³-hybridized carbons (Fsp3) is 0.588. The van der Waals surface area contributed by atoms with Crippen molar-refractivity contribution in [1.29, 1.82) is 0 Å². The van der Waals surface area contributed by atoms with Gasteiger partial charge in [0.2, 0.25) is 0 Å². The van der Waals surface area contributed by atoms with E-state index in [9.17, 15) is 4.79 Å². The van der Waals surface area contributed by atoms with E-state index < -0.39 is 18.1 Å². The van der Waals surface area contributed by atoms with E-state index in [-0.39, 0.29) is 12.0 Å². The molecule has 1 aromatic carbocycles. The van der Waals surface area contributed by atoms with E-state index >= 15 is 0 Å². The number of carbonyl (C=O) groups excluding carboxylic acids is 1. The van der Waals surface area contributed by atoms with Crippen molar-refractivity contribution in [3.63, 3.8) is 0 Å². The molecule has 0 aromatic heterocycles. The Bertz CT molecular complexity index is 582. The Kier molecular flexibility index (Phi) is 3.96. The van der Waals surface area contributed by atoms with Crippen LogP contribution in [0.5, 0.6) is 0 Å². The number of nitrogens with zero attached hydrogens (tertiary/aromatic N) is 1. The van der Waals surface area contributed by atoms with E-state index in [0.29, 0.717) is 32.8 Å². The van der Waals surface area contributed by atoms with Crippen LogP contribution >= 0.6 is 0 Å². The average molecular weight is 335 g/mol. The van der Waals surface area contributed by atoms with Gasteiger partial charge in [0.05, 0.1) is 26.4 Å². The molecule has 2 bridgehead atoms. The molecular formula is C17H21NO6. The van der Waals surface area contributed by atoms with Crippen molar-refractivity contribution >= 4 is 6.09 Å². The summed E-state index contributed by atoms with van der Waals surface area (Å²) in [5.74, 6) is -1.25. The van der Waals surface area contributed by atoms with Crippen molar-refractivity contribution in [2.24, 2.45) is 5.41 Å². The second-order valence-corrected chi connectivity index (χ2v) is 6.78.